The average Bonchev–Trinajstić information content (AvgIpc) is 2.52. The van der Waals surface area contributed by atoms with Crippen LogP contribution in [0, 0.1) is 0 Å². The molecule has 0 aromatic rings. The van der Waals surface area contributed by atoms with E-state index in [1.807, 2.05) is 0 Å². The molecule has 0 aliphatic carbocycles. The van der Waals surface area contributed by atoms with Crippen molar-refractivity contribution in [2.24, 2.45) is 0 Å². The van der Waals surface area contributed by atoms with Gasteiger partial charge in [-0.05, 0) is 0 Å². The van der Waals surface area contributed by atoms with Crippen LogP contribution >= 0.6 is 0 Å². The highest BCUT2D eigenvalue weighted by Crippen LogP contribution is 2.62. The average molecular weight is 472 g/mol. The number of carbonyl (C=O) groups excluding carboxylic acids is 1. The Morgan fingerprint density at radius 3 is 1.31 bits per heavy atom. The quantitative estimate of drug-likeness (QED) is 0.424. The molecule has 1 N–H and O–H groups in total. The Bertz CT molecular complexity index is 609. The number of esters is 1. The Labute approximate surface area is 149 Å². The van der Waals surface area contributed by atoms with Crippen LogP contribution < -0.4 is 0 Å². The predicted octanol–water partition coefficient (Wildman–Crippen LogP) is 4.28. The summed E-state index contributed by atoms with van der Waals surface area (Å²) in [6.07, 6.45) is -14.3. The maximum atomic E-state index is 13.4. The van der Waals surface area contributed by atoms with Crippen molar-refractivity contribution < 1.29 is 80.5 Å². The molecule has 0 aromatic carbocycles. The number of hydrogen-bond acceptors (Lipinski definition) is 3. The summed E-state index contributed by atoms with van der Waals surface area (Å²) in [5.74, 6) is -50.0. The number of hydrogen-bond donors (Lipinski definition) is 1. The Morgan fingerprint density at radius 1 is 0.690 bits per heavy atom. The first-order valence-electron chi connectivity index (χ1n) is 6.46. The molecule has 0 fully saturated rings. The van der Waals surface area contributed by atoms with Crippen LogP contribution in [-0.2, 0) is 9.53 Å². The monoisotopic (exact) mass is 472 g/mol. The van der Waals surface area contributed by atoms with Gasteiger partial charge in [-0.2, -0.15) is 65.9 Å². The van der Waals surface area contributed by atoms with E-state index in [9.17, 15) is 70.7 Å². The third-order valence-corrected chi connectivity index (χ3v) is 3.36. The van der Waals surface area contributed by atoms with E-state index in [0.29, 0.717) is 7.11 Å². The number of alkyl halides is 15. The Balaban J connectivity index is 6.46. The van der Waals surface area contributed by atoms with E-state index in [-0.39, 0.29) is 0 Å². The van der Waals surface area contributed by atoms with Gasteiger partial charge >= 0.3 is 47.7 Å². The standard InChI is InChI=1S/C11H7F15O3/c1-29-4(28)2-3(27)5(12,13)6(14,15)7(16,17)8(18,19)9(20,21)10(22,23)11(24,25)26/h3,27H,2H2,1H3. The van der Waals surface area contributed by atoms with Crippen molar-refractivity contribution in [3.8, 4) is 0 Å². The van der Waals surface area contributed by atoms with Crippen LogP contribution in [0.5, 0.6) is 0 Å². The number of halogens is 15. The minimum Gasteiger partial charge on any atom is -0.469 e. The zero-order valence-corrected chi connectivity index (χ0v) is 13.2. The molecular weight excluding hydrogens is 465 g/mol. The van der Waals surface area contributed by atoms with Gasteiger partial charge in [-0.25, -0.2) is 0 Å². The molecule has 0 spiro atoms. The van der Waals surface area contributed by atoms with E-state index in [1.54, 1.807) is 0 Å². The lowest BCUT2D eigenvalue weighted by Crippen LogP contribution is -2.73. The van der Waals surface area contributed by atoms with Gasteiger partial charge in [-0.1, -0.05) is 0 Å². The maximum Gasteiger partial charge on any atom is 0.460 e. The largest absolute Gasteiger partial charge is 0.469 e. The molecule has 29 heavy (non-hydrogen) atoms. The maximum absolute atomic E-state index is 13.4. The molecule has 0 bridgehead atoms. The van der Waals surface area contributed by atoms with Crippen LogP contribution in [0.3, 0.4) is 0 Å². The number of carbonyl (C=O) groups is 1. The van der Waals surface area contributed by atoms with E-state index in [0.717, 1.165) is 0 Å². The fourth-order valence-electron chi connectivity index (χ4n) is 1.56. The molecule has 0 aliphatic rings. The van der Waals surface area contributed by atoms with Crippen molar-refractivity contribution in [2.75, 3.05) is 7.11 Å². The topological polar surface area (TPSA) is 46.5 Å². The van der Waals surface area contributed by atoms with Gasteiger partial charge in [0.2, 0.25) is 0 Å². The van der Waals surface area contributed by atoms with Crippen molar-refractivity contribution in [1.29, 1.82) is 0 Å². The van der Waals surface area contributed by atoms with Gasteiger partial charge < -0.3 is 9.84 Å². The molecule has 3 nitrogen and oxygen atoms in total. The molecule has 174 valence electrons. The lowest BCUT2D eigenvalue weighted by Gasteiger charge is -2.42. The second-order valence-corrected chi connectivity index (χ2v) is 5.29. The van der Waals surface area contributed by atoms with Crippen LogP contribution in [0.4, 0.5) is 65.9 Å². The summed E-state index contributed by atoms with van der Waals surface area (Å²) in [6.45, 7) is 0. The zero-order chi connectivity index (χ0) is 24.1. The van der Waals surface area contributed by atoms with Crippen LogP contribution in [0.15, 0.2) is 0 Å². The summed E-state index contributed by atoms with van der Waals surface area (Å²) in [4.78, 5) is 10.6. The van der Waals surface area contributed by atoms with Crippen LogP contribution in [0.2, 0.25) is 0 Å². The van der Waals surface area contributed by atoms with E-state index in [4.69, 9.17) is 5.11 Å². The molecule has 0 saturated carbocycles. The van der Waals surface area contributed by atoms with E-state index in [1.165, 1.54) is 0 Å². The number of ether oxygens (including phenoxy) is 1. The molecule has 0 saturated heterocycles. The van der Waals surface area contributed by atoms with Gasteiger partial charge in [0.25, 0.3) is 0 Å². The third-order valence-electron chi connectivity index (χ3n) is 3.36. The van der Waals surface area contributed by atoms with E-state index < -0.39 is 60.2 Å². The molecule has 0 aromatic heterocycles. The highest BCUT2D eigenvalue weighted by molar-refractivity contribution is 5.69. The van der Waals surface area contributed by atoms with Crippen LogP contribution in [0.1, 0.15) is 6.42 Å². The Morgan fingerprint density at radius 2 is 1.00 bits per heavy atom. The third kappa shape index (κ3) is 3.78. The van der Waals surface area contributed by atoms with E-state index >= 15 is 0 Å². The van der Waals surface area contributed by atoms with Crippen LogP contribution in [-0.4, -0.2) is 66.0 Å². The molecule has 0 aliphatic heterocycles. The lowest BCUT2D eigenvalue weighted by atomic mass is 9.89. The molecule has 0 rings (SSSR count). The number of aliphatic hydroxyl groups excluding tert-OH is 1. The summed E-state index contributed by atoms with van der Waals surface area (Å²) in [5.41, 5.74) is 0. The highest BCUT2D eigenvalue weighted by atomic mass is 19.4. The minimum absolute atomic E-state index is 0.383. The Hall–Kier alpha value is -1.62. The summed E-state index contributed by atoms with van der Waals surface area (Å²) >= 11 is 0. The lowest BCUT2D eigenvalue weighted by molar-refractivity contribution is -0.455. The van der Waals surface area contributed by atoms with E-state index in [2.05, 4.69) is 4.74 Å². The summed E-state index contributed by atoms with van der Waals surface area (Å²) < 4.78 is 196. The first-order valence-corrected chi connectivity index (χ1v) is 6.46. The van der Waals surface area contributed by atoms with Crippen molar-refractivity contribution >= 4 is 5.97 Å². The van der Waals surface area contributed by atoms with Crippen molar-refractivity contribution in [1.82, 2.24) is 0 Å². The molecular formula is C11H7F15O3. The first kappa shape index (κ1) is 27.4. The smallest absolute Gasteiger partial charge is 0.460 e. The second-order valence-electron chi connectivity index (χ2n) is 5.29. The number of aliphatic hydroxyl groups is 1. The summed E-state index contributed by atoms with van der Waals surface area (Å²) in [7, 11) is 0.383. The van der Waals surface area contributed by atoms with Gasteiger partial charge in [-0.15, -0.1) is 0 Å². The molecule has 1 unspecified atom stereocenters. The Kier molecular flexibility index (Phi) is 6.85. The van der Waals surface area contributed by atoms with Gasteiger partial charge in [0.1, 0.15) is 6.10 Å². The minimum atomic E-state index is -8.45. The molecule has 0 radical (unpaired) electrons. The fraction of sp³-hybridized carbons (Fsp3) is 0.909. The predicted molar refractivity (Wildman–Crippen MR) is 58.4 cm³/mol. The van der Waals surface area contributed by atoms with Gasteiger partial charge in [-0.3, -0.25) is 4.79 Å². The molecule has 0 heterocycles. The SMILES string of the molecule is COC(=O)CC(O)C(F)(F)C(F)(F)C(F)(F)C(F)(F)C(F)(F)C(F)(F)C(F)(F)F. The number of methoxy groups -OCH3 is 1. The fourth-order valence-corrected chi connectivity index (χ4v) is 1.56. The number of rotatable bonds is 8. The normalized spacial score (nSPS) is 16.6. The van der Waals surface area contributed by atoms with Gasteiger partial charge in [0.05, 0.1) is 13.5 Å². The van der Waals surface area contributed by atoms with Crippen molar-refractivity contribution in [3.05, 3.63) is 0 Å². The van der Waals surface area contributed by atoms with Crippen LogP contribution in [0.25, 0.3) is 0 Å². The zero-order valence-electron chi connectivity index (χ0n) is 13.2. The molecule has 18 heteroatoms. The van der Waals surface area contributed by atoms with Crippen molar-refractivity contribution in [2.45, 2.75) is 54.2 Å². The second kappa shape index (κ2) is 7.26. The molecule has 1 atom stereocenters. The van der Waals surface area contributed by atoms with Gasteiger partial charge in [0, 0.05) is 0 Å². The molecule has 0 amide bonds. The van der Waals surface area contributed by atoms with Gasteiger partial charge in [0.15, 0.2) is 0 Å². The first-order chi connectivity index (χ1) is 12.4. The summed E-state index contributed by atoms with van der Waals surface area (Å²) in [6, 6.07) is 0. The highest BCUT2D eigenvalue weighted by Gasteiger charge is 2.93. The van der Waals surface area contributed by atoms with Crippen molar-refractivity contribution in [3.63, 3.8) is 0 Å². The summed E-state index contributed by atoms with van der Waals surface area (Å²) in [5, 5.41) is 8.71.